The predicted molar refractivity (Wildman–Crippen MR) is 38.1 cm³/mol. The molecule has 0 fully saturated rings. The molecule has 1 aromatic rings. The number of nitrogens with zero attached hydrogens (tertiary/aromatic N) is 1. The molecule has 1 heterocycles. The van der Waals surface area contributed by atoms with Gasteiger partial charge in [0.2, 0.25) is 0 Å². The van der Waals surface area contributed by atoms with E-state index >= 15 is 0 Å². The summed E-state index contributed by atoms with van der Waals surface area (Å²) in [7, 11) is 0. The average molecular weight is 120 g/mol. The molecule has 0 spiro atoms. The Morgan fingerprint density at radius 2 is 2.33 bits per heavy atom. The second kappa shape index (κ2) is 2.62. The Hall–Kier alpha value is -0.850. The molecule has 0 unspecified atom stereocenters. The standard InChI is InChI=1S/C8H10N/c1-3-8-5-4-7(2)9-6-8/h4-6H,2-3H2,1H3. The zero-order chi connectivity index (χ0) is 6.69. The maximum absolute atomic E-state index is 4.04. The quantitative estimate of drug-likeness (QED) is 0.551. The van der Waals surface area contributed by atoms with Crippen LogP contribution in [0.4, 0.5) is 0 Å². The third kappa shape index (κ3) is 1.53. The number of hydrogen-bond acceptors (Lipinski definition) is 1. The molecule has 0 aliphatic rings. The molecule has 0 aliphatic heterocycles. The van der Waals surface area contributed by atoms with Gasteiger partial charge in [-0.05, 0) is 25.0 Å². The maximum atomic E-state index is 4.04. The van der Waals surface area contributed by atoms with E-state index in [1.807, 2.05) is 12.3 Å². The number of aryl methyl sites for hydroxylation is 1. The summed E-state index contributed by atoms with van der Waals surface area (Å²) in [5, 5.41) is 0. The molecule has 1 nitrogen and oxygen atoms in total. The van der Waals surface area contributed by atoms with Crippen molar-refractivity contribution in [3.05, 3.63) is 36.5 Å². The van der Waals surface area contributed by atoms with Crippen molar-refractivity contribution in [1.82, 2.24) is 4.98 Å². The van der Waals surface area contributed by atoms with Gasteiger partial charge in [-0.25, -0.2) is 0 Å². The van der Waals surface area contributed by atoms with Gasteiger partial charge in [-0.2, -0.15) is 0 Å². The van der Waals surface area contributed by atoms with E-state index in [4.69, 9.17) is 0 Å². The summed E-state index contributed by atoms with van der Waals surface area (Å²) in [6.45, 7) is 5.80. The molecule has 0 aliphatic carbocycles. The zero-order valence-corrected chi connectivity index (χ0v) is 5.59. The van der Waals surface area contributed by atoms with E-state index in [0.29, 0.717) is 0 Å². The molecule has 0 aromatic carbocycles. The smallest absolute Gasteiger partial charge is 0.0407 e. The first-order valence-electron chi connectivity index (χ1n) is 3.10. The summed E-state index contributed by atoms with van der Waals surface area (Å²) >= 11 is 0. The SMILES string of the molecule is [CH2]c1ccc(CC)cn1. The summed E-state index contributed by atoms with van der Waals surface area (Å²) in [4.78, 5) is 4.04. The second-order valence-electron chi connectivity index (χ2n) is 2.01. The fraction of sp³-hybridized carbons (Fsp3) is 0.250. The molecule has 0 atom stereocenters. The Labute approximate surface area is 55.7 Å². The van der Waals surface area contributed by atoms with Crippen LogP contribution in [0.5, 0.6) is 0 Å². The summed E-state index contributed by atoms with van der Waals surface area (Å²) in [6.07, 6.45) is 2.91. The molecule has 47 valence electrons. The predicted octanol–water partition coefficient (Wildman–Crippen LogP) is 1.83. The molecule has 0 N–H and O–H groups in total. The van der Waals surface area contributed by atoms with Gasteiger partial charge in [0, 0.05) is 11.9 Å². The van der Waals surface area contributed by atoms with Crippen LogP contribution in [-0.4, -0.2) is 4.98 Å². The van der Waals surface area contributed by atoms with E-state index in [1.165, 1.54) is 5.56 Å². The minimum Gasteiger partial charge on any atom is -0.261 e. The van der Waals surface area contributed by atoms with Crippen molar-refractivity contribution in [1.29, 1.82) is 0 Å². The van der Waals surface area contributed by atoms with Crippen LogP contribution >= 0.6 is 0 Å². The van der Waals surface area contributed by atoms with Crippen LogP contribution < -0.4 is 0 Å². The molecule has 0 saturated carbocycles. The average Bonchev–Trinajstić information content (AvgIpc) is 1.90. The summed E-state index contributed by atoms with van der Waals surface area (Å²) in [5.41, 5.74) is 2.11. The van der Waals surface area contributed by atoms with Gasteiger partial charge >= 0.3 is 0 Å². The molecule has 9 heavy (non-hydrogen) atoms. The van der Waals surface area contributed by atoms with Gasteiger partial charge in [-0.1, -0.05) is 13.0 Å². The lowest BCUT2D eigenvalue weighted by Gasteiger charge is -1.93. The summed E-state index contributed by atoms with van der Waals surface area (Å²) in [5.74, 6) is 0. The van der Waals surface area contributed by atoms with E-state index in [9.17, 15) is 0 Å². The van der Waals surface area contributed by atoms with Crippen LogP contribution in [0.2, 0.25) is 0 Å². The van der Waals surface area contributed by atoms with Gasteiger partial charge < -0.3 is 0 Å². The van der Waals surface area contributed by atoms with Gasteiger partial charge in [-0.3, -0.25) is 4.98 Å². The third-order valence-corrected chi connectivity index (χ3v) is 1.29. The topological polar surface area (TPSA) is 12.9 Å². The summed E-state index contributed by atoms with van der Waals surface area (Å²) in [6, 6.07) is 3.98. The van der Waals surface area contributed by atoms with Crippen LogP contribution in [0.25, 0.3) is 0 Å². The number of rotatable bonds is 1. The van der Waals surface area contributed by atoms with Crippen molar-refractivity contribution in [2.75, 3.05) is 0 Å². The highest BCUT2D eigenvalue weighted by atomic mass is 14.6. The second-order valence-corrected chi connectivity index (χ2v) is 2.01. The van der Waals surface area contributed by atoms with E-state index in [-0.39, 0.29) is 0 Å². The van der Waals surface area contributed by atoms with Crippen LogP contribution in [0.3, 0.4) is 0 Å². The molecule has 1 heteroatoms. The molecule has 1 radical (unpaired) electrons. The molecule has 1 rings (SSSR count). The molecule has 0 bridgehead atoms. The number of aromatic nitrogens is 1. The number of pyridine rings is 1. The van der Waals surface area contributed by atoms with E-state index in [2.05, 4.69) is 24.9 Å². The van der Waals surface area contributed by atoms with E-state index in [1.54, 1.807) is 0 Å². The molecule has 0 amide bonds. The lowest BCUT2D eigenvalue weighted by atomic mass is 10.2. The summed E-state index contributed by atoms with van der Waals surface area (Å²) < 4.78 is 0. The fourth-order valence-electron chi connectivity index (χ4n) is 0.664. The van der Waals surface area contributed by atoms with Crippen LogP contribution in [0, 0.1) is 6.92 Å². The van der Waals surface area contributed by atoms with Crippen molar-refractivity contribution >= 4 is 0 Å². The largest absolute Gasteiger partial charge is 0.261 e. The monoisotopic (exact) mass is 120 g/mol. The highest BCUT2D eigenvalue weighted by Crippen LogP contribution is 1.98. The maximum Gasteiger partial charge on any atom is 0.0407 e. The van der Waals surface area contributed by atoms with Gasteiger partial charge in [0.25, 0.3) is 0 Å². The molecule has 1 aromatic heterocycles. The highest BCUT2D eigenvalue weighted by Gasteiger charge is 1.86. The zero-order valence-electron chi connectivity index (χ0n) is 5.59. The van der Waals surface area contributed by atoms with Crippen molar-refractivity contribution < 1.29 is 0 Å². The van der Waals surface area contributed by atoms with Crippen molar-refractivity contribution in [2.24, 2.45) is 0 Å². The normalized spacial score (nSPS) is 9.56. The fourth-order valence-corrected chi connectivity index (χ4v) is 0.664. The van der Waals surface area contributed by atoms with Crippen molar-refractivity contribution in [2.45, 2.75) is 13.3 Å². The Bertz CT molecular complexity index is 176. The number of hydrogen-bond donors (Lipinski definition) is 0. The van der Waals surface area contributed by atoms with Gasteiger partial charge in [0.05, 0.1) is 0 Å². The van der Waals surface area contributed by atoms with E-state index < -0.39 is 0 Å². The molecular formula is C8H10N. The Morgan fingerprint density at radius 1 is 1.56 bits per heavy atom. The Balaban J connectivity index is 2.88. The lowest BCUT2D eigenvalue weighted by Crippen LogP contribution is -1.83. The van der Waals surface area contributed by atoms with Crippen LogP contribution in [-0.2, 0) is 6.42 Å². The van der Waals surface area contributed by atoms with Crippen molar-refractivity contribution in [3.8, 4) is 0 Å². The van der Waals surface area contributed by atoms with Crippen LogP contribution in [0.15, 0.2) is 18.3 Å². The van der Waals surface area contributed by atoms with Gasteiger partial charge in [0.1, 0.15) is 0 Å². The highest BCUT2D eigenvalue weighted by molar-refractivity contribution is 5.15. The minimum absolute atomic E-state index is 0.840. The lowest BCUT2D eigenvalue weighted by molar-refractivity contribution is 1.09. The Kier molecular flexibility index (Phi) is 1.83. The third-order valence-electron chi connectivity index (χ3n) is 1.29. The van der Waals surface area contributed by atoms with Gasteiger partial charge in [-0.15, -0.1) is 0 Å². The first kappa shape index (κ1) is 6.27. The van der Waals surface area contributed by atoms with Gasteiger partial charge in [0.15, 0.2) is 0 Å². The Morgan fingerprint density at radius 3 is 2.78 bits per heavy atom. The first-order chi connectivity index (χ1) is 4.33. The molecule has 0 saturated heterocycles. The first-order valence-corrected chi connectivity index (χ1v) is 3.10. The minimum atomic E-state index is 0.840. The van der Waals surface area contributed by atoms with E-state index in [0.717, 1.165) is 12.1 Å². The molecular weight excluding hydrogens is 110 g/mol. The van der Waals surface area contributed by atoms with Crippen molar-refractivity contribution in [3.63, 3.8) is 0 Å². The van der Waals surface area contributed by atoms with Crippen LogP contribution in [0.1, 0.15) is 18.2 Å².